The highest BCUT2D eigenvalue weighted by molar-refractivity contribution is 7.14. The lowest BCUT2D eigenvalue weighted by Gasteiger charge is -1.92. The molecule has 0 amide bonds. The van der Waals surface area contributed by atoms with Crippen molar-refractivity contribution in [3.8, 4) is 0 Å². The van der Waals surface area contributed by atoms with Crippen molar-refractivity contribution in [2.45, 2.75) is 18.8 Å². The molecule has 3 rings (SSSR count). The van der Waals surface area contributed by atoms with Crippen LogP contribution in [0.4, 0.5) is 0 Å². The molecule has 92 valence electrons. The third-order valence-electron chi connectivity index (χ3n) is 2.70. The standard InChI is InChI=1S/C12H10N2O2S2/c15-12(16)9-5-13-10(18-9)4-3-8-11(7-1-2-7)14-6-17-8/h3-7H,1-2H2,(H,15,16). The Labute approximate surface area is 112 Å². The highest BCUT2D eigenvalue weighted by Gasteiger charge is 2.27. The van der Waals surface area contributed by atoms with Crippen molar-refractivity contribution in [2.24, 2.45) is 0 Å². The first-order chi connectivity index (χ1) is 8.74. The molecule has 0 saturated heterocycles. The molecule has 2 aromatic heterocycles. The number of thiazole rings is 2. The minimum Gasteiger partial charge on any atom is -0.477 e. The molecule has 1 N–H and O–H groups in total. The SMILES string of the molecule is O=C(O)c1cnc(C=Cc2scnc2C2CC2)s1. The van der Waals surface area contributed by atoms with E-state index >= 15 is 0 Å². The molecule has 1 fully saturated rings. The Morgan fingerprint density at radius 1 is 1.39 bits per heavy atom. The third kappa shape index (κ3) is 2.34. The van der Waals surface area contributed by atoms with E-state index in [0.717, 1.165) is 4.88 Å². The van der Waals surface area contributed by atoms with Crippen molar-refractivity contribution < 1.29 is 9.90 Å². The summed E-state index contributed by atoms with van der Waals surface area (Å²) >= 11 is 2.79. The van der Waals surface area contributed by atoms with Crippen LogP contribution < -0.4 is 0 Å². The molecule has 18 heavy (non-hydrogen) atoms. The van der Waals surface area contributed by atoms with Crippen LogP contribution in [0.1, 0.15) is 44.0 Å². The van der Waals surface area contributed by atoms with E-state index in [2.05, 4.69) is 9.97 Å². The fourth-order valence-electron chi connectivity index (χ4n) is 1.66. The number of carboxylic acid groups (broad SMARTS) is 1. The molecule has 1 saturated carbocycles. The predicted octanol–water partition coefficient (Wildman–Crippen LogP) is 3.35. The van der Waals surface area contributed by atoms with E-state index in [9.17, 15) is 4.79 Å². The maximum Gasteiger partial charge on any atom is 0.347 e. The van der Waals surface area contributed by atoms with Crippen LogP contribution in [0.5, 0.6) is 0 Å². The van der Waals surface area contributed by atoms with Gasteiger partial charge in [0, 0.05) is 5.92 Å². The molecule has 2 aromatic rings. The van der Waals surface area contributed by atoms with Crippen molar-refractivity contribution >= 4 is 40.8 Å². The highest BCUT2D eigenvalue weighted by Crippen LogP contribution is 2.42. The summed E-state index contributed by atoms with van der Waals surface area (Å²) in [6.45, 7) is 0. The second kappa shape index (κ2) is 4.62. The molecule has 0 radical (unpaired) electrons. The summed E-state index contributed by atoms with van der Waals surface area (Å²) in [4.78, 5) is 20.6. The number of nitrogens with zero attached hydrogens (tertiary/aromatic N) is 2. The summed E-state index contributed by atoms with van der Waals surface area (Å²) in [6.07, 6.45) is 7.68. The van der Waals surface area contributed by atoms with Crippen molar-refractivity contribution in [2.75, 3.05) is 0 Å². The monoisotopic (exact) mass is 278 g/mol. The van der Waals surface area contributed by atoms with Crippen LogP contribution in [-0.2, 0) is 0 Å². The molecule has 0 unspecified atom stereocenters. The van der Waals surface area contributed by atoms with E-state index in [1.54, 1.807) is 11.3 Å². The van der Waals surface area contributed by atoms with Gasteiger partial charge >= 0.3 is 5.97 Å². The molecule has 0 aliphatic heterocycles. The van der Waals surface area contributed by atoms with Gasteiger partial charge in [0.2, 0.25) is 0 Å². The lowest BCUT2D eigenvalue weighted by molar-refractivity contribution is 0.0702. The summed E-state index contributed by atoms with van der Waals surface area (Å²) in [5.74, 6) is -0.301. The Bertz CT molecular complexity index is 611. The van der Waals surface area contributed by atoms with Crippen molar-refractivity contribution in [1.82, 2.24) is 9.97 Å². The minimum atomic E-state index is -0.927. The average Bonchev–Trinajstić information content (AvgIpc) is 2.92. The molecular formula is C12H10N2O2S2. The van der Waals surface area contributed by atoms with Crippen LogP contribution in [-0.4, -0.2) is 21.0 Å². The van der Waals surface area contributed by atoms with Crippen LogP contribution in [0, 0.1) is 0 Å². The number of rotatable bonds is 4. The number of carboxylic acids is 1. The van der Waals surface area contributed by atoms with Crippen LogP contribution in [0.3, 0.4) is 0 Å². The first kappa shape index (κ1) is 11.6. The molecule has 0 aromatic carbocycles. The van der Waals surface area contributed by atoms with E-state index in [0.29, 0.717) is 10.9 Å². The Morgan fingerprint density at radius 3 is 2.89 bits per heavy atom. The van der Waals surface area contributed by atoms with Gasteiger partial charge in [-0.15, -0.1) is 22.7 Å². The zero-order valence-electron chi connectivity index (χ0n) is 9.37. The molecule has 2 heterocycles. The number of hydrogen-bond acceptors (Lipinski definition) is 5. The maximum atomic E-state index is 10.7. The Morgan fingerprint density at radius 2 is 2.22 bits per heavy atom. The fraction of sp³-hybridized carbons (Fsp3) is 0.250. The van der Waals surface area contributed by atoms with Gasteiger partial charge in [-0.2, -0.15) is 0 Å². The molecule has 0 atom stereocenters. The second-order valence-electron chi connectivity index (χ2n) is 4.08. The second-order valence-corrected chi connectivity index (χ2v) is 6.03. The van der Waals surface area contributed by atoms with Crippen LogP contribution in [0.2, 0.25) is 0 Å². The molecule has 0 spiro atoms. The quantitative estimate of drug-likeness (QED) is 0.931. The van der Waals surface area contributed by atoms with Gasteiger partial charge in [-0.3, -0.25) is 0 Å². The Balaban J connectivity index is 1.79. The zero-order chi connectivity index (χ0) is 12.5. The van der Waals surface area contributed by atoms with E-state index in [-0.39, 0.29) is 4.88 Å². The van der Waals surface area contributed by atoms with Crippen molar-refractivity contribution in [1.29, 1.82) is 0 Å². The van der Waals surface area contributed by atoms with Crippen LogP contribution in [0.25, 0.3) is 12.2 Å². The van der Waals surface area contributed by atoms with Gasteiger partial charge in [-0.05, 0) is 25.0 Å². The van der Waals surface area contributed by atoms with E-state index < -0.39 is 5.97 Å². The van der Waals surface area contributed by atoms with Crippen LogP contribution in [0.15, 0.2) is 11.7 Å². The molecule has 1 aliphatic rings. The highest BCUT2D eigenvalue weighted by atomic mass is 32.1. The summed E-state index contributed by atoms with van der Waals surface area (Å²) in [5.41, 5.74) is 3.03. The smallest absolute Gasteiger partial charge is 0.347 e. The fourth-order valence-corrected chi connectivity index (χ4v) is 3.09. The van der Waals surface area contributed by atoms with E-state index in [1.807, 2.05) is 17.7 Å². The van der Waals surface area contributed by atoms with Gasteiger partial charge in [0.25, 0.3) is 0 Å². The summed E-state index contributed by atoms with van der Waals surface area (Å²) < 4.78 is 0. The summed E-state index contributed by atoms with van der Waals surface area (Å²) in [5, 5.41) is 9.52. The number of aromatic nitrogens is 2. The third-order valence-corrected chi connectivity index (χ3v) is 4.46. The van der Waals surface area contributed by atoms with Crippen LogP contribution >= 0.6 is 22.7 Å². The topological polar surface area (TPSA) is 63.1 Å². The normalized spacial score (nSPS) is 15.3. The number of aromatic carboxylic acids is 1. The van der Waals surface area contributed by atoms with Crippen molar-refractivity contribution in [3.05, 3.63) is 32.2 Å². The van der Waals surface area contributed by atoms with Gasteiger partial charge in [0.15, 0.2) is 0 Å². The number of carbonyl (C=O) groups is 1. The molecule has 0 bridgehead atoms. The first-order valence-electron chi connectivity index (χ1n) is 5.54. The summed E-state index contributed by atoms with van der Waals surface area (Å²) in [6, 6.07) is 0. The Kier molecular flexibility index (Phi) is 2.97. The molecule has 4 nitrogen and oxygen atoms in total. The Hall–Kier alpha value is -1.53. The lowest BCUT2D eigenvalue weighted by atomic mass is 10.2. The van der Waals surface area contributed by atoms with Gasteiger partial charge in [-0.25, -0.2) is 14.8 Å². The van der Waals surface area contributed by atoms with Crippen molar-refractivity contribution in [3.63, 3.8) is 0 Å². The first-order valence-corrected chi connectivity index (χ1v) is 7.24. The predicted molar refractivity (Wildman–Crippen MR) is 72.1 cm³/mol. The summed E-state index contributed by atoms with van der Waals surface area (Å²) in [7, 11) is 0. The molecule has 1 aliphatic carbocycles. The molecular weight excluding hydrogens is 268 g/mol. The van der Waals surface area contributed by atoms with E-state index in [1.165, 1.54) is 36.1 Å². The van der Waals surface area contributed by atoms with Gasteiger partial charge in [0.1, 0.15) is 9.88 Å². The molecule has 6 heteroatoms. The van der Waals surface area contributed by atoms with Gasteiger partial charge in [-0.1, -0.05) is 0 Å². The minimum absolute atomic E-state index is 0.265. The lowest BCUT2D eigenvalue weighted by Crippen LogP contribution is -1.89. The average molecular weight is 278 g/mol. The van der Waals surface area contributed by atoms with Gasteiger partial charge in [0.05, 0.1) is 22.3 Å². The maximum absolute atomic E-state index is 10.7. The van der Waals surface area contributed by atoms with E-state index in [4.69, 9.17) is 5.11 Å². The van der Waals surface area contributed by atoms with Gasteiger partial charge < -0.3 is 5.11 Å². The zero-order valence-corrected chi connectivity index (χ0v) is 11.0. The largest absolute Gasteiger partial charge is 0.477 e. The number of hydrogen-bond donors (Lipinski definition) is 1.